The maximum absolute atomic E-state index is 13.4. The maximum Gasteiger partial charge on any atom is 0.330 e. The summed E-state index contributed by atoms with van der Waals surface area (Å²) in [6.07, 6.45) is -0.334. The van der Waals surface area contributed by atoms with Gasteiger partial charge in [0.05, 0.1) is 20.1 Å². The van der Waals surface area contributed by atoms with Crippen LogP contribution < -0.4 is 5.32 Å². The van der Waals surface area contributed by atoms with Gasteiger partial charge in [-0.3, -0.25) is 4.79 Å². The average molecular weight is 290 g/mol. The minimum Gasteiger partial charge on any atom is -0.467 e. The number of rotatable bonds is 5. The fourth-order valence-electron chi connectivity index (χ4n) is 1.43. The lowest BCUT2D eigenvalue weighted by Gasteiger charge is -2.14. The summed E-state index contributed by atoms with van der Waals surface area (Å²) in [5.74, 6) is -2.03. The van der Waals surface area contributed by atoms with Crippen molar-refractivity contribution in [1.29, 1.82) is 0 Å². The van der Waals surface area contributed by atoms with Gasteiger partial charge in [-0.1, -0.05) is 17.7 Å². The SMILES string of the molecule is COC(=O)C(CO)NC(=O)Cc1c(F)cccc1Cl. The molecule has 104 valence electrons. The number of benzene rings is 1. The monoisotopic (exact) mass is 289 g/mol. The van der Waals surface area contributed by atoms with Crippen LogP contribution in [0.1, 0.15) is 5.56 Å². The molecule has 1 unspecified atom stereocenters. The highest BCUT2D eigenvalue weighted by Crippen LogP contribution is 2.19. The van der Waals surface area contributed by atoms with Gasteiger partial charge in [-0.25, -0.2) is 9.18 Å². The Kier molecular flexibility index (Phi) is 5.72. The zero-order valence-electron chi connectivity index (χ0n) is 10.2. The molecule has 1 aromatic rings. The normalized spacial score (nSPS) is 11.8. The molecule has 0 bridgehead atoms. The Bertz CT molecular complexity index is 461. The molecule has 5 nitrogen and oxygen atoms in total. The van der Waals surface area contributed by atoms with E-state index in [4.69, 9.17) is 16.7 Å². The summed E-state index contributed by atoms with van der Waals surface area (Å²) in [5.41, 5.74) is 0.0308. The molecule has 0 spiro atoms. The highest BCUT2D eigenvalue weighted by molar-refractivity contribution is 6.31. The molecule has 2 N–H and O–H groups in total. The summed E-state index contributed by atoms with van der Waals surface area (Å²) in [6, 6.07) is 2.88. The molecular weight excluding hydrogens is 277 g/mol. The van der Waals surface area contributed by atoms with Crippen LogP contribution in [-0.2, 0) is 20.7 Å². The van der Waals surface area contributed by atoms with Crippen molar-refractivity contribution in [3.8, 4) is 0 Å². The summed E-state index contributed by atoms with van der Waals surface area (Å²) in [6.45, 7) is -0.608. The van der Waals surface area contributed by atoms with E-state index in [-0.39, 0.29) is 17.0 Å². The minimum absolute atomic E-state index is 0.0308. The van der Waals surface area contributed by atoms with Gasteiger partial charge in [0.15, 0.2) is 6.04 Å². The molecule has 0 heterocycles. The van der Waals surface area contributed by atoms with E-state index in [2.05, 4.69) is 10.1 Å². The third kappa shape index (κ3) is 4.18. The standard InChI is InChI=1S/C12H13ClFNO4/c1-19-12(18)10(6-16)15-11(17)5-7-8(13)3-2-4-9(7)14/h2-4,10,16H,5-6H2,1H3,(H,15,17). The predicted molar refractivity (Wildman–Crippen MR) is 66.1 cm³/mol. The first-order valence-electron chi connectivity index (χ1n) is 5.40. The van der Waals surface area contributed by atoms with E-state index in [1.165, 1.54) is 18.2 Å². The first-order chi connectivity index (χ1) is 8.99. The molecular formula is C12H13ClFNO4. The molecule has 1 atom stereocenters. The number of nitrogens with one attached hydrogen (secondary N) is 1. The smallest absolute Gasteiger partial charge is 0.330 e. The Hall–Kier alpha value is -1.66. The number of halogens is 2. The van der Waals surface area contributed by atoms with Gasteiger partial charge in [0.2, 0.25) is 5.91 Å². The highest BCUT2D eigenvalue weighted by atomic mass is 35.5. The Labute approximate surface area is 114 Å². The van der Waals surface area contributed by atoms with Crippen molar-refractivity contribution in [3.05, 3.63) is 34.6 Å². The second kappa shape index (κ2) is 7.06. The second-order valence-corrected chi connectivity index (χ2v) is 4.11. The van der Waals surface area contributed by atoms with Crippen LogP contribution in [0.5, 0.6) is 0 Å². The third-order valence-corrected chi connectivity index (χ3v) is 2.76. The van der Waals surface area contributed by atoms with Crippen LogP contribution in [0.3, 0.4) is 0 Å². The van der Waals surface area contributed by atoms with Crippen molar-refractivity contribution in [2.45, 2.75) is 12.5 Å². The van der Waals surface area contributed by atoms with Crippen molar-refractivity contribution in [3.63, 3.8) is 0 Å². The van der Waals surface area contributed by atoms with Gasteiger partial charge in [0.25, 0.3) is 0 Å². The van der Waals surface area contributed by atoms with Gasteiger partial charge in [-0.05, 0) is 12.1 Å². The van der Waals surface area contributed by atoms with Crippen LogP contribution in [0.4, 0.5) is 4.39 Å². The Balaban J connectivity index is 2.72. The van der Waals surface area contributed by atoms with Crippen LogP contribution in [-0.4, -0.2) is 36.7 Å². The van der Waals surface area contributed by atoms with E-state index in [1.54, 1.807) is 0 Å². The minimum atomic E-state index is -1.18. The van der Waals surface area contributed by atoms with E-state index in [9.17, 15) is 14.0 Å². The highest BCUT2D eigenvalue weighted by Gasteiger charge is 2.21. The van der Waals surface area contributed by atoms with Crippen LogP contribution >= 0.6 is 11.6 Å². The van der Waals surface area contributed by atoms with E-state index in [0.717, 1.165) is 7.11 Å². The molecule has 0 aliphatic carbocycles. The number of hydrogen-bond acceptors (Lipinski definition) is 4. The van der Waals surface area contributed by atoms with Crippen molar-refractivity contribution in [2.75, 3.05) is 13.7 Å². The number of carbonyl (C=O) groups excluding carboxylic acids is 2. The molecule has 0 aliphatic heterocycles. The van der Waals surface area contributed by atoms with Gasteiger partial charge < -0.3 is 15.2 Å². The van der Waals surface area contributed by atoms with Crippen molar-refractivity contribution in [1.82, 2.24) is 5.32 Å². The molecule has 0 saturated heterocycles. The van der Waals surface area contributed by atoms with Gasteiger partial charge in [-0.2, -0.15) is 0 Å². The van der Waals surface area contributed by atoms with Crippen molar-refractivity contribution >= 4 is 23.5 Å². The lowest BCUT2D eigenvalue weighted by molar-refractivity contribution is -0.146. The Morgan fingerprint density at radius 2 is 2.21 bits per heavy atom. The molecule has 1 aromatic carbocycles. The molecule has 0 aromatic heterocycles. The number of methoxy groups -OCH3 is 1. The van der Waals surface area contributed by atoms with E-state index in [0.29, 0.717) is 0 Å². The lowest BCUT2D eigenvalue weighted by Crippen LogP contribution is -2.44. The summed E-state index contributed by atoms with van der Waals surface area (Å²) in [4.78, 5) is 22.8. The van der Waals surface area contributed by atoms with Crippen molar-refractivity contribution in [2.24, 2.45) is 0 Å². The largest absolute Gasteiger partial charge is 0.467 e. The number of aliphatic hydroxyl groups excluding tert-OH is 1. The molecule has 1 amide bonds. The third-order valence-electron chi connectivity index (χ3n) is 2.40. The Morgan fingerprint density at radius 3 is 2.74 bits per heavy atom. The predicted octanol–water partition coefficient (Wildman–Crippen LogP) is 0.672. The molecule has 0 aliphatic rings. The average Bonchev–Trinajstić information content (AvgIpc) is 2.39. The van der Waals surface area contributed by atoms with Gasteiger partial charge in [-0.15, -0.1) is 0 Å². The molecule has 0 radical (unpaired) electrons. The number of hydrogen-bond donors (Lipinski definition) is 2. The van der Waals surface area contributed by atoms with Gasteiger partial charge >= 0.3 is 5.97 Å². The quantitative estimate of drug-likeness (QED) is 0.781. The topological polar surface area (TPSA) is 75.6 Å². The molecule has 19 heavy (non-hydrogen) atoms. The summed E-state index contributed by atoms with van der Waals surface area (Å²) in [7, 11) is 1.13. The van der Waals surface area contributed by atoms with Gasteiger partial charge in [0, 0.05) is 10.6 Å². The summed E-state index contributed by atoms with van der Waals surface area (Å²) in [5, 5.41) is 11.3. The van der Waals surface area contributed by atoms with Crippen LogP contribution in [0.25, 0.3) is 0 Å². The fraction of sp³-hybridized carbons (Fsp3) is 0.333. The number of esters is 1. The van der Waals surface area contributed by atoms with Crippen LogP contribution in [0.15, 0.2) is 18.2 Å². The zero-order valence-corrected chi connectivity index (χ0v) is 10.9. The molecule has 0 saturated carbocycles. The summed E-state index contributed by atoms with van der Waals surface area (Å²) >= 11 is 5.77. The first kappa shape index (κ1) is 15.4. The molecule has 7 heteroatoms. The number of aliphatic hydroxyl groups is 1. The van der Waals surface area contributed by atoms with E-state index < -0.39 is 30.3 Å². The van der Waals surface area contributed by atoms with Crippen molar-refractivity contribution < 1.29 is 23.8 Å². The maximum atomic E-state index is 13.4. The van der Waals surface area contributed by atoms with E-state index in [1.807, 2.05) is 0 Å². The van der Waals surface area contributed by atoms with Gasteiger partial charge in [0.1, 0.15) is 5.82 Å². The number of amides is 1. The second-order valence-electron chi connectivity index (χ2n) is 3.70. The first-order valence-corrected chi connectivity index (χ1v) is 5.78. The molecule has 0 fully saturated rings. The van der Waals surface area contributed by atoms with Crippen LogP contribution in [0.2, 0.25) is 5.02 Å². The Morgan fingerprint density at radius 1 is 1.53 bits per heavy atom. The van der Waals surface area contributed by atoms with E-state index >= 15 is 0 Å². The lowest BCUT2D eigenvalue weighted by atomic mass is 10.1. The fourth-order valence-corrected chi connectivity index (χ4v) is 1.66. The number of carbonyl (C=O) groups is 2. The van der Waals surface area contributed by atoms with Crippen LogP contribution in [0, 0.1) is 5.82 Å². The molecule has 1 rings (SSSR count). The number of ether oxygens (including phenoxy) is 1. The zero-order chi connectivity index (χ0) is 14.4. The summed E-state index contributed by atoms with van der Waals surface area (Å²) < 4.78 is 17.8.